The monoisotopic (exact) mass is 204 g/mol. The summed E-state index contributed by atoms with van der Waals surface area (Å²) in [6.45, 7) is 9.60. The Labute approximate surface area is 89.7 Å². The van der Waals surface area contributed by atoms with E-state index in [1.54, 1.807) is 0 Å². The molecule has 0 unspecified atom stereocenters. The molecule has 0 aromatic rings. The molecule has 2 nitrogen and oxygen atoms in total. The van der Waals surface area contributed by atoms with Crippen molar-refractivity contribution in [3.8, 4) is 0 Å². The average molecular weight is 204 g/mol. The van der Waals surface area contributed by atoms with Gasteiger partial charge in [-0.25, -0.2) is 0 Å². The van der Waals surface area contributed by atoms with Gasteiger partial charge in [-0.1, -0.05) is 13.8 Å². The van der Waals surface area contributed by atoms with Gasteiger partial charge >= 0.3 is 0 Å². The molecule has 1 rings (SSSR count). The van der Waals surface area contributed by atoms with Crippen molar-refractivity contribution in [2.75, 3.05) is 33.2 Å². The first-order chi connectivity index (χ1) is 5.77. The first kappa shape index (κ1) is 13.3. The lowest BCUT2D eigenvalue weighted by molar-refractivity contribution is 0.192. The molecule has 0 saturated carbocycles. The maximum absolute atomic E-state index is 2.61. The van der Waals surface area contributed by atoms with E-state index in [-0.39, 0.29) is 13.5 Å². The maximum Gasteiger partial charge on any atom is 0.0220 e. The molecule has 0 aromatic heterocycles. The van der Waals surface area contributed by atoms with Crippen LogP contribution in [0.15, 0.2) is 0 Å². The van der Waals surface area contributed by atoms with Crippen LogP contribution in [0.5, 0.6) is 0 Å². The molecule has 1 fully saturated rings. The Kier molecular flexibility index (Phi) is 6.82. The molecule has 0 spiro atoms. The molecule has 3 heteroatoms. The van der Waals surface area contributed by atoms with Crippen LogP contribution >= 0.6 is 13.5 Å². The topological polar surface area (TPSA) is 6.48 Å². The van der Waals surface area contributed by atoms with Crippen molar-refractivity contribution in [3.05, 3.63) is 0 Å². The third-order valence-corrected chi connectivity index (χ3v) is 2.90. The molecule has 1 aliphatic heterocycles. The lowest BCUT2D eigenvalue weighted by Crippen LogP contribution is -2.39. The van der Waals surface area contributed by atoms with Crippen LogP contribution < -0.4 is 0 Å². The van der Waals surface area contributed by atoms with Crippen molar-refractivity contribution >= 4 is 13.5 Å². The molecule has 1 saturated heterocycles. The minimum absolute atomic E-state index is 0. The smallest absolute Gasteiger partial charge is 0.0220 e. The van der Waals surface area contributed by atoms with Crippen LogP contribution in [-0.4, -0.2) is 49.1 Å². The number of rotatable bonds is 2. The first-order valence-corrected chi connectivity index (χ1v) is 5.20. The summed E-state index contributed by atoms with van der Waals surface area (Å²) in [4.78, 5) is 5.08. The van der Waals surface area contributed by atoms with Crippen LogP contribution in [0.3, 0.4) is 0 Å². The van der Waals surface area contributed by atoms with Gasteiger partial charge in [0.15, 0.2) is 0 Å². The third kappa shape index (κ3) is 3.88. The maximum atomic E-state index is 2.61. The van der Waals surface area contributed by atoms with E-state index in [1.807, 2.05) is 0 Å². The predicted octanol–water partition coefficient (Wildman–Crippen LogP) is 1.54. The van der Waals surface area contributed by atoms with E-state index in [0.717, 1.165) is 6.04 Å². The highest BCUT2D eigenvalue weighted by Gasteiger charge is 2.19. The van der Waals surface area contributed by atoms with E-state index in [1.165, 1.54) is 39.0 Å². The van der Waals surface area contributed by atoms with Crippen molar-refractivity contribution in [2.24, 2.45) is 0 Å². The van der Waals surface area contributed by atoms with E-state index in [0.29, 0.717) is 0 Å². The second-order valence-electron chi connectivity index (χ2n) is 3.81. The van der Waals surface area contributed by atoms with Crippen molar-refractivity contribution in [1.82, 2.24) is 9.80 Å². The summed E-state index contributed by atoms with van der Waals surface area (Å²) in [5, 5.41) is 0. The highest BCUT2D eigenvalue weighted by atomic mass is 32.1. The SMILES string of the molecule is CC[C@@H]1CN(C)CCCN1CC.S. The Morgan fingerprint density at radius 2 is 1.92 bits per heavy atom. The van der Waals surface area contributed by atoms with Crippen molar-refractivity contribution in [3.63, 3.8) is 0 Å². The van der Waals surface area contributed by atoms with Crippen molar-refractivity contribution < 1.29 is 0 Å². The molecule has 0 bridgehead atoms. The fraction of sp³-hybridized carbons (Fsp3) is 1.00. The minimum atomic E-state index is 0. The van der Waals surface area contributed by atoms with Crippen LogP contribution in [0.1, 0.15) is 26.7 Å². The zero-order valence-corrected chi connectivity index (χ0v) is 10.2. The lowest BCUT2D eigenvalue weighted by Gasteiger charge is -2.28. The van der Waals surface area contributed by atoms with Crippen LogP contribution in [0.2, 0.25) is 0 Å². The van der Waals surface area contributed by atoms with Crippen molar-refractivity contribution in [1.29, 1.82) is 0 Å². The van der Waals surface area contributed by atoms with Gasteiger partial charge < -0.3 is 4.90 Å². The highest BCUT2D eigenvalue weighted by Crippen LogP contribution is 2.10. The zero-order chi connectivity index (χ0) is 8.97. The Morgan fingerprint density at radius 1 is 1.23 bits per heavy atom. The number of nitrogens with zero attached hydrogens (tertiary/aromatic N) is 2. The second-order valence-corrected chi connectivity index (χ2v) is 3.81. The number of hydrogen-bond donors (Lipinski definition) is 0. The number of hydrogen-bond acceptors (Lipinski definition) is 2. The molecule has 0 amide bonds. The fourth-order valence-electron chi connectivity index (χ4n) is 2.10. The quantitative estimate of drug-likeness (QED) is 0.673. The van der Waals surface area contributed by atoms with Gasteiger partial charge in [0.05, 0.1) is 0 Å². The molecule has 0 radical (unpaired) electrons. The summed E-state index contributed by atoms with van der Waals surface area (Å²) in [5.74, 6) is 0. The standard InChI is InChI=1S/C10H22N2.H2S/c1-4-10-9-11(3)7-6-8-12(10)5-2;/h10H,4-9H2,1-3H3;1H2/t10-;/m1./s1. The van der Waals surface area contributed by atoms with Gasteiger partial charge in [-0.05, 0) is 39.5 Å². The molecular formula is C10H24N2S. The van der Waals surface area contributed by atoms with E-state index < -0.39 is 0 Å². The molecule has 1 aliphatic rings. The van der Waals surface area contributed by atoms with Crippen LogP contribution in [0.25, 0.3) is 0 Å². The minimum Gasteiger partial charge on any atom is -0.305 e. The molecule has 13 heavy (non-hydrogen) atoms. The van der Waals surface area contributed by atoms with Gasteiger partial charge in [-0.2, -0.15) is 13.5 Å². The second kappa shape index (κ2) is 6.68. The van der Waals surface area contributed by atoms with Gasteiger partial charge in [0.2, 0.25) is 0 Å². The van der Waals surface area contributed by atoms with Gasteiger partial charge in [-0.15, -0.1) is 0 Å². The predicted molar refractivity (Wildman–Crippen MR) is 63.8 cm³/mol. The summed E-state index contributed by atoms with van der Waals surface area (Å²) in [7, 11) is 2.24. The zero-order valence-electron chi connectivity index (χ0n) is 9.21. The Balaban J connectivity index is 0.00000144. The van der Waals surface area contributed by atoms with E-state index in [4.69, 9.17) is 0 Å². The first-order valence-electron chi connectivity index (χ1n) is 5.20. The summed E-state index contributed by atoms with van der Waals surface area (Å²) in [6.07, 6.45) is 2.62. The highest BCUT2D eigenvalue weighted by molar-refractivity contribution is 7.59. The molecule has 1 atom stereocenters. The van der Waals surface area contributed by atoms with Gasteiger partial charge in [-0.3, -0.25) is 4.90 Å². The van der Waals surface area contributed by atoms with Crippen LogP contribution in [-0.2, 0) is 0 Å². The molecule has 0 N–H and O–H groups in total. The Morgan fingerprint density at radius 3 is 2.46 bits per heavy atom. The fourth-order valence-corrected chi connectivity index (χ4v) is 2.10. The summed E-state index contributed by atoms with van der Waals surface area (Å²) in [6, 6.07) is 0.794. The molecule has 0 aromatic carbocycles. The van der Waals surface area contributed by atoms with Crippen LogP contribution in [0, 0.1) is 0 Å². The lowest BCUT2D eigenvalue weighted by atomic mass is 10.2. The van der Waals surface area contributed by atoms with E-state index in [9.17, 15) is 0 Å². The summed E-state index contributed by atoms with van der Waals surface area (Å²) in [5.41, 5.74) is 0. The Hall–Kier alpha value is 0.270. The van der Waals surface area contributed by atoms with Crippen LogP contribution in [0.4, 0.5) is 0 Å². The molecule has 0 aliphatic carbocycles. The Bertz CT molecular complexity index is 130. The summed E-state index contributed by atoms with van der Waals surface area (Å²) < 4.78 is 0. The summed E-state index contributed by atoms with van der Waals surface area (Å²) >= 11 is 0. The molecule has 1 heterocycles. The van der Waals surface area contributed by atoms with Crippen molar-refractivity contribution in [2.45, 2.75) is 32.7 Å². The molecular weight excluding hydrogens is 180 g/mol. The van der Waals surface area contributed by atoms with Gasteiger partial charge in [0.1, 0.15) is 0 Å². The average Bonchev–Trinajstić information content (AvgIpc) is 2.26. The largest absolute Gasteiger partial charge is 0.305 e. The van der Waals surface area contributed by atoms with Gasteiger partial charge in [0.25, 0.3) is 0 Å². The molecule has 80 valence electrons. The van der Waals surface area contributed by atoms with E-state index in [2.05, 4.69) is 30.7 Å². The normalized spacial score (nSPS) is 26.5. The van der Waals surface area contributed by atoms with E-state index >= 15 is 0 Å². The third-order valence-electron chi connectivity index (χ3n) is 2.90. The number of likely N-dealkylation sites (N-methyl/N-ethyl adjacent to an activating group) is 2. The van der Waals surface area contributed by atoms with Gasteiger partial charge in [0, 0.05) is 12.6 Å².